The van der Waals surface area contributed by atoms with Crippen LogP contribution in [0.2, 0.25) is 0 Å². The van der Waals surface area contributed by atoms with Gasteiger partial charge < -0.3 is 24.7 Å². The number of fused-ring (bicyclic) bond motifs is 1. The van der Waals surface area contributed by atoms with Gasteiger partial charge in [0, 0.05) is 11.8 Å². The number of nitrogens with one attached hydrogen (secondary N) is 2. The summed E-state index contributed by atoms with van der Waals surface area (Å²) >= 11 is 0. The van der Waals surface area contributed by atoms with Crippen LogP contribution in [0.15, 0.2) is 58.7 Å². The number of sulfonamides is 1. The van der Waals surface area contributed by atoms with E-state index in [9.17, 15) is 23.1 Å². The summed E-state index contributed by atoms with van der Waals surface area (Å²) in [5, 5.41) is 17.6. The lowest BCUT2D eigenvalue weighted by Crippen LogP contribution is -2.19. The molecule has 10 nitrogen and oxygen atoms in total. The highest BCUT2D eigenvalue weighted by molar-refractivity contribution is 7.92. The number of Topliss-reactive ketones (excluding diaryl/α,β-unsaturated/α-hetero) is 1. The van der Waals surface area contributed by atoms with Crippen molar-refractivity contribution in [3.8, 4) is 11.5 Å². The number of aliphatic hydroxyl groups is 1. The van der Waals surface area contributed by atoms with Gasteiger partial charge in [0.2, 0.25) is 0 Å². The SMILES string of the molecule is CC(=N)/C(C(C)=O)=C(/O)COC(=O)c1ccccc1NS(=O)(=O)c1ccc2c(c1)OCCO2. The Hall–Kier alpha value is -3.86. The van der Waals surface area contributed by atoms with Crippen molar-refractivity contribution >= 4 is 33.2 Å². The zero-order valence-electron chi connectivity index (χ0n) is 17.9. The summed E-state index contributed by atoms with van der Waals surface area (Å²) in [6.07, 6.45) is 0. The molecule has 0 amide bonds. The summed E-state index contributed by atoms with van der Waals surface area (Å²) in [7, 11) is -4.09. The molecule has 33 heavy (non-hydrogen) atoms. The Morgan fingerprint density at radius 2 is 1.76 bits per heavy atom. The number of rotatable bonds is 8. The number of esters is 1. The molecule has 3 N–H and O–H groups in total. The van der Waals surface area contributed by atoms with Gasteiger partial charge in [0.1, 0.15) is 25.6 Å². The molecule has 0 atom stereocenters. The molecule has 3 rings (SSSR count). The lowest BCUT2D eigenvalue weighted by atomic mass is 10.1. The van der Waals surface area contributed by atoms with Crippen molar-refractivity contribution in [2.24, 2.45) is 0 Å². The Kier molecular flexibility index (Phi) is 7.02. The van der Waals surface area contributed by atoms with Crippen LogP contribution in [0, 0.1) is 5.41 Å². The predicted molar refractivity (Wildman–Crippen MR) is 119 cm³/mol. The molecule has 2 aromatic rings. The van der Waals surface area contributed by atoms with Gasteiger partial charge in [-0.3, -0.25) is 9.52 Å². The minimum Gasteiger partial charge on any atom is -0.508 e. The van der Waals surface area contributed by atoms with Crippen molar-refractivity contribution in [3.05, 3.63) is 59.4 Å². The van der Waals surface area contributed by atoms with Crippen LogP contribution in [-0.2, 0) is 19.6 Å². The normalized spacial score (nSPS) is 13.5. The third-order valence-electron chi connectivity index (χ3n) is 4.57. The third kappa shape index (κ3) is 5.50. The molecule has 1 heterocycles. The molecule has 11 heteroatoms. The minimum absolute atomic E-state index is 0.0455. The first-order valence-electron chi connectivity index (χ1n) is 9.77. The number of ketones is 1. The van der Waals surface area contributed by atoms with Gasteiger partial charge in [-0.1, -0.05) is 12.1 Å². The number of hydrogen-bond donors (Lipinski definition) is 3. The topological polar surface area (TPSA) is 152 Å². The summed E-state index contributed by atoms with van der Waals surface area (Å²) in [5.74, 6) is -1.34. The zero-order valence-corrected chi connectivity index (χ0v) is 18.7. The van der Waals surface area contributed by atoms with Crippen molar-refractivity contribution in [3.63, 3.8) is 0 Å². The summed E-state index contributed by atoms with van der Waals surface area (Å²) in [6.45, 7) is 2.49. The van der Waals surface area contributed by atoms with Crippen molar-refractivity contribution in [1.29, 1.82) is 5.41 Å². The van der Waals surface area contributed by atoms with Crippen molar-refractivity contribution < 1.29 is 37.3 Å². The van der Waals surface area contributed by atoms with E-state index in [0.29, 0.717) is 24.7 Å². The maximum Gasteiger partial charge on any atom is 0.340 e. The zero-order chi connectivity index (χ0) is 24.2. The second-order valence-electron chi connectivity index (χ2n) is 7.04. The Labute approximate surface area is 190 Å². The van der Waals surface area contributed by atoms with Crippen molar-refractivity contribution in [2.75, 3.05) is 24.5 Å². The number of allylic oxidation sites excluding steroid dienone is 1. The van der Waals surface area contributed by atoms with Gasteiger partial charge in [0.25, 0.3) is 10.0 Å². The fourth-order valence-electron chi connectivity index (χ4n) is 3.11. The Bertz CT molecular complexity index is 1230. The van der Waals surface area contributed by atoms with Gasteiger partial charge in [-0.2, -0.15) is 0 Å². The molecule has 1 aliphatic heterocycles. The van der Waals surface area contributed by atoms with Crippen LogP contribution in [0.5, 0.6) is 11.5 Å². The molecule has 174 valence electrons. The lowest BCUT2D eigenvalue weighted by Gasteiger charge is -2.19. The molecule has 0 saturated carbocycles. The standard InChI is InChI=1S/C22H22N2O8S/c1-13(23)21(14(2)25)18(26)12-32-22(27)16-5-3-4-6-17(16)24-33(28,29)15-7-8-19-20(11-15)31-10-9-30-19/h3-8,11,23-24,26H,9-10,12H2,1-2H3/b21-18-,23-13?. The molecule has 0 aliphatic carbocycles. The smallest absolute Gasteiger partial charge is 0.340 e. The molecular weight excluding hydrogens is 452 g/mol. The number of para-hydroxylation sites is 1. The minimum atomic E-state index is -4.09. The molecule has 0 spiro atoms. The van der Waals surface area contributed by atoms with Crippen LogP contribution in [0.4, 0.5) is 5.69 Å². The molecule has 0 bridgehead atoms. The van der Waals surface area contributed by atoms with Crippen molar-refractivity contribution in [1.82, 2.24) is 0 Å². The van der Waals surface area contributed by atoms with Gasteiger partial charge >= 0.3 is 5.97 Å². The molecule has 2 aromatic carbocycles. The quantitative estimate of drug-likeness (QED) is 0.229. The molecule has 0 fully saturated rings. The maximum absolute atomic E-state index is 12.9. The number of carbonyl (C=O) groups excluding carboxylic acids is 2. The van der Waals surface area contributed by atoms with Crippen LogP contribution in [0.3, 0.4) is 0 Å². The van der Waals surface area contributed by atoms with Gasteiger partial charge in [-0.05, 0) is 38.1 Å². The van der Waals surface area contributed by atoms with Crippen molar-refractivity contribution in [2.45, 2.75) is 18.7 Å². The van der Waals surface area contributed by atoms with Crippen LogP contribution >= 0.6 is 0 Å². The Morgan fingerprint density at radius 3 is 2.42 bits per heavy atom. The number of hydrogen-bond acceptors (Lipinski definition) is 9. The molecule has 0 saturated heterocycles. The van der Waals surface area contributed by atoms with E-state index in [1.54, 1.807) is 0 Å². The van der Waals surface area contributed by atoms with E-state index in [1.807, 2.05) is 0 Å². The van der Waals surface area contributed by atoms with E-state index in [1.165, 1.54) is 56.3 Å². The Balaban J connectivity index is 1.81. The second-order valence-corrected chi connectivity index (χ2v) is 8.72. The first-order valence-corrected chi connectivity index (χ1v) is 11.3. The average molecular weight is 474 g/mol. The van der Waals surface area contributed by atoms with Gasteiger partial charge in [-0.15, -0.1) is 0 Å². The van der Waals surface area contributed by atoms with Crippen LogP contribution < -0.4 is 14.2 Å². The van der Waals surface area contributed by atoms with Crippen LogP contribution in [-0.4, -0.2) is 50.8 Å². The fraction of sp³-hybridized carbons (Fsp3) is 0.227. The number of anilines is 1. The number of ether oxygens (including phenoxy) is 3. The van der Waals surface area contributed by atoms with E-state index in [4.69, 9.17) is 19.6 Å². The molecule has 0 radical (unpaired) electrons. The monoisotopic (exact) mass is 474 g/mol. The first kappa shape index (κ1) is 23.8. The first-order chi connectivity index (χ1) is 15.6. The van der Waals surface area contributed by atoms with E-state index in [0.717, 1.165) is 0 Å². The highest BCUT2D eigenvalue weighted by Gasteiger charge is 2.23. The van der Waals surface area contributed by atoms with Crippen LogP contribution in [0.25, 0.3) is 0 Å². The number of benzene rings is 2. The van der Waals surface area contributed by atoms with E-state index in [2.05, 4.69) is 4.72 Å². The third-order valence-corrected chi connectivity index (χ3v) is 5.93. The van der Waals surface area contributed by atoms with E-state index >= 15 is 0 Å². The largest absolute Gasteiger partial charge is 0.508 e. The summed E-state index contributed by atoms with van der Waals surface area (Å²) < 4.78 is 44.0. The lowest BCUT2D eigenvalue weighted by molar-refractivity contribution is -0.113. The predicted octanol–water partition coefficient (Wildman–Crippen LogP) is 2.86. The fourth-order valence-corrected chi connectivity index (χ4v) is 4.21. The summed E-state index contributed by atoms with van der Waals surface area (Å²) in [5.41, 5.74) is -0.586. The molecule has 0 aromatic heterocycles. The Morgan fingerprint density at radius 1 is 1.09 bits per heavy atom. The maximum atomic E-state index is 12.9. The molecule has 1 aliphatic rings. The highest BCUT2D eigenvalue weighted by atomic mass is 32.2. The van der Waals surface area contributed by atoms with E-state index < -0.39 is 34.1 Å². The van der Waals surface area contributed by atoms with Gasteiger partial charge in [0.15, 0.2) is 17.3 Å². The van der Waals surface area contributed by atoms with Gasteiger partial charge in [0.05, 0.1) is 21.7 Å². The summed E-state index contributed by atoms with van der Waals surface area (Å²) in [4.78, 5) is 24.1. The highest BCUT2D eigenvalue weighted by Crippen LogP contribution is 2.33. The second kappa shape index (κ2) is 9.74. The van der Waals surface area contributed by atoms with Gasteiger partial charge in [-0.25, -0.2) is 13.2 Å². The van der Waals surface area contributed by atoms with E-state index in [-0.39, 0.29) is 27.4 Å². The number of carbonyl (C=O) groups is 2. The average Bonchev–Trinajstić information content (AvgIpc) is 2.76. The molecular formula is C22H22N2O8S. The summed E-state index contributed by atoms with van der Waals surface area (Å²) in [6, 6.07) is 9.92. The number of aliphatic hydroxyl groups excluding tert-OH is 1. The van der Waals surface area contributed by atoms with Crippen LogP contribution in [0.1, 0.15) is 24.2 Å². The molecule has 0 unspecified atom stereocenters.